The zero-order valence-electron chi connectivity index (χ0n) is 15.2. The van der Waals surface area contributed by atoms with E-state index in [1.807, 2.05) is 48.2 Å². The highest BCUT2D eigenvalue weighted by atomic mass is 35.5. The van der Waals surface area contributed by atoms with Crippen LogP contribution in [0, 0.1) is 0 Å². The minimum absolute atomic E-state index is 0.0103. The predicted octanol–water partition coefficient (Wildman–Crippen LogP) is 4.72. The van der Waals surface area contributed by atoms with Gasteiger partial charge in [0.15, 0.2) is 11.5 Å². The van der Waals surface area contributed by atoms with Crippen molar-refractivity contribution >= 4 is 23.2 Å². The number of methoxy groups -OCH3 is 1. The van der Waals surface area contributed by atoms with Crippen LogP contribution >= 0.6 is 11.6 Å². The summed E-state index contributed by atoms with van der Waals surface area (Å²) in [4.78, 5) is 14.8. The van der Waals surface area contributed by atoms with E-state index < -0.39 is 0 Å². The van der Waals surface area contributed by atoms with Crippen molar-refractivity contribution in [2.45, 2.75) is 26.4 Å². The first-order chi connectivity index (χ1) is 12.6. The van der Waals surface area contributed by atoms with Crippen LogP contribution in [0.5, 0.6) is 11.5 Å². The molecule has 138 valence electrons. The van der Waals surface area contributed by atoms with Gasteiger partial charge in [0, 0.05) is 17.8 Å². The summed E-state index contributed by atoms with van der Waals surface area (Å²) in [5.41, 5.74) is 2.36. The number of anilines is 1. The molecule has 0 aliphatic carbocycles. The smallest absolute Gasteiger partial charge is 0.257 e. The zero-order valence-corrected chi connectivity index (χ0v) is 16.0. The predicted molar refractivity (Wildman–Crippen MR) is 103 cm³/mol. The van der Waals surface area contributed by atoms with Crippen molar-refractivity contribution in [1.82, 2.24) is 4.90 Å². The minimum Gasteiger partial charge on any atom is -0.491 e. The van der Waals surface area contributed by atoms with E-state index in [2.05, 4.69) is 12.2 Å². The molecular formula is C20H23ClN2O3. The van der Waals surface area contributed by atoms with Crippen LogP contribution in [-0.2, 0) is 0 Å². The molecule has 1 N–H and O–H groups in total. The average molecular weight is 375 g/mol. The third-order valence-electron chi connectivity index (χ3n) is 4.34. The monoisotopic (exact) mass is 374 g/mol. The van der Waals surface area contributed by atoms with Gasteiger partial charge in [-0.2, -0.15) is 0 Å². The van der Waals surface area contributed by atoms with Gasteiger partial charge in [0.2, 0.25) is 0 Å². The van der Waals surface area contributed by atoms with Crippen molar-refractivity contribution < 1.29 is 14.3 Å². The Hall–Kier alpha value is -2.40. The fourth-order valence-electron chi connectivity index (χ4n) is 3.23. The number of hydrogen-bond donors (Lipinski definition) is 1. The number of fused-ring (bicyclic) bond motifs is 1. The van der Waals surface area contributed by atoms with Crippen molar-refractivity contribution in [1.29, 1.82) is 0 Å². The van der Waals surface area contributed by atoms with Crippen molar-refractivity contribution in [2.75, 3.05) is 25.6 Å². The molecule has 6 heteroatoms. The molecule has 1 aliphatic rings. The number of benzene rings is 2. The summed E-state index contributed by atoms with van der Waals surface area (Å²) < 4.78 is 11.1. The van der Waals surface area contributed by atoms with E-state index in [1.165, 1.54) is 0 Å². The Morgan fingerprint density at radius 2 is 2.00 bits per heavy atom. The zero-order chi connectivity index (χ0) is 18.7. The average Bonchev–Trinajstić information content (AvgIpc) is 2.64. The van der Waals surface area contributed by atoms with Gasteiger partial charge in [-0.3, -0.25) is 4.79 Å². The lowest BCUT2D eigenvalue weighted by Crippen LogP contribution is -2.43. The van der Waals surface area contributed by atoms with E-state index in [4.69, 9.17) is 21.1 Å². The van der Waals surface area contributed by atoms with Gasteiger partial charge in [0.1, 0.15) is 6.17 Å². The fourth-order valence-corrected chi connectivity index (χ4v) is 3.53. The van der Waals surface area contributed by atoms with Crippen LogP contribution in [0.2, 0.25) is 5.02 Å². The van der Waals surface area contributed by atoms with E-state index in [1.54, 1.807) is 7.11 Å². The lowest BCUT2D eigenvalue weighted by Gasteiger charge is -2.38. The van der Waals surface area contributed by atoms with Crippen molar-refractivity contribution in [2.24, 2.45) is 0 Å². The maximum atomic E-state index is 13.0. The Kier molecular flexibility index (Phi) is 5.57. The first kappa shape index (κ1) is 18.4. The molecule has 0 fully saturated rings. The second kappa shape index (κ2) is 7.87. The number of rotatable bonds is 6. The summed E-state index contributed by atoms with van der Waals surface area (Å²) in [5, 5.41) is 3.92. The molecule has 0 aromatic heterocycles. The Morgan fingerprint density at radius 1 is 1.23 bits per heavy atom. The first-order valence-corrected chi connectivity index (χ1v) is 9.15. The normalized spacial score (nSPS) is 16.1. The molecule has 0 saturated carbocycles. The number of nitrogens with one attached hydrogen (secondary N) is 1. The lowest BCUT2D eigenvalue weighted by atomic mass is 10.0. The molecule has 5 nitrogen and oxygen atoms in total. The van der Waals surface area contributed by atoms with E-state index in [-0.39, 0.29) is 12.1 Å². The molecule has 26 heavy (non-hydrogen) atoms. The van der Waals surface area contributed by atoms with Crippen LogP contribution in [0.15, 0.2) is 36.4 Å². The van der Waals surface area contributed by atoms with Gasteiger partial charge >= 0.3 is 0 Å². The highest BCUT2D eigenvalue weighted by Crippen LogP contribution is 2.41. The number of para-hydroxylation sites is 1. The number of carbonyl (C=O) groups excluding carboxylic acids is 1. The molecule has 0 bridgehead atoms. The topological polar surface area (TPSA) is 50.8 Å². The third kappa shape index (κ3) is 3.31. The van der Waals surface area contributed by atoms with Gasteiger partial charge in [-0.1, -0.05) is 30.7 Å². The molecule has 0 unspecified atom stereocenters. The molecule has 0 saturated heterocycles. The Bertz CT molecular complexity index is 810. The van der Waals surface area contributed by atoms with Gasteiger partial charge in [-0.05, 0) is 37.6 Å². The van der Waals surface area contributed by atoms with Gasteiger partial charge in [0.25, 0.3) is 5.91 Å². The maximum Gasteiger partial charge on any atom is 0.257 e. The van der Waals surface area contributed by atoms with E-state index in [9.17, 15) is 4.79 Å². The van der Waals surface area contributed by atoms with Crippen LogP contribution in [0.4, 0.5) is 5.69 Å². The Balaban J connectivity index is 2.07. The summed E-state index contributed by atoms with van der Waals surface area (Å²) in [7, 11) is 1.56. The number of carbonyl (C=O) groups is 1. The SMILES string of the molecule is CCCN1C(=O)c2ccccc2N[C@H]1c1cc(Cl)c(OC)c(OCC)c1. The fraction of sp³-hybridized carbons (Fsp3) is 0.350. The molecule has 2 aromatic carbocycles. The summed E-state index contributed by atoms with van der Waals surface area (Å²) >= 11 is 6.41. The summed E-state index contributed by atoms with van der Waals surface area (Å²) in [5.74, 6) is 1.08. The number of hydrogen-bond acceptors (Lipinski definition) is 4. The van der Waals surface area contributed by atoms with E-state index in [0.717, 1.165) is 17.7 Å². The minimum atomic E-state index is -0.319. The van der Waals surface area contributed by atoms with Crippen molar-refractivity contribution in [3.8, 4) is 11.5 Å². The van der Waals surface area contributed by atoms with Gasteiger partial charge in [0.05, 0.1) is 24.3 Å². The summed E-state index contributed by atoms with van der Waals surface area (Å²) in [6, 6.07) is 11.3. The highest BCUT2D eigenvalue weighted by Gasteiger charge is 2.33. The van der Waals surface area contributed by atoms with Gasteiger partial charge < -0.3 is 19.7 Å². The number of halogens is 1. The summed E-state index contributed by atoms with van der Waals surface area (Å²) in [6.45, 7) is 5.09. The van der Waals surface area contributed by atoms with Crippen LogP contribution in [0.3, 0.4) is 0 Å². The number of amides is 1. The number of ether oxygens (including phenoxy) is 2. The van der Waals surface area contributed by atoms with Gasteiger partial charge in [-0.15, -0.1) is 0 Å². The molecule has 1 atom stereocenters. The molecular weight excluding hydrogens is 352 g/mol. The van der Waals surface area contributed by atoms with Crippen LogP contribution < -0.4 is 14.8 Å². The molecule has 0 spiro atoms. The van der Waals surface area contributed by atoms with Crippen LogP contribution in [0.1, 0.15) is 42.4 Å². The first-order valence-electron chi connectivity index (χ1n) is 8.77. The highest BCUT2D eigenvalue weighted by molar-refractivity contribution is 6.32. The number of nitrogens with zero attached hydrogens (tertiary/aromatic N) is 1. The Morgan fingerprint density at radius 3 is 2.69 bits per heavy atom. The second-order valence-electron chi connectivity index (χ2n) is 6.06. The second-order valence-corrected chi connectivity index (χ2v) is 6.47. The quantitative estimate of drug-likeness (QED) is 0.794. The molecule has 1 heterocycles. The van der Waals surface area contributed by atoms with Crippen LogP contribution in [0.25, 0.3) is 0 Å². The van der Waals surface area contributed by atoms with Gasteiger partial charge in [-0.25, -0.2) is 0 Å². The molecule has 3 rings (SSSR count). The van der Waals surface area contributed by atoms with Crippen LogP contribution in [-0.4, -0.2) is 31.1 Å². The van der Waals surface area contributed by atoms with Crippen molar-refractivity contribution in [3.05, 3.63) is 52.5 Å². The van der Waals surface area contributed by atoms with E-state index >= 15 is 0 Å². The van der Waals surface area contributed by atoms with Crippen molar-refractivity contribution in [3.63, 3.8) is 0 Å². The molecule has 1 amide bonds. The molecule has 1 aliphatic heterocycles. The Labute approximate surface area is 158 Å². The largest absolute Gasteiger partial charge is 0.491 e. The summed E-state index contributed by atoms with van der Waals surface area (Å²) in [6.07, 6.45) is 0.536. The standard InChI is InChI=1S/C20H23ClN2O3/c1-4-10-23-19(22-16-9-7-6-8-14(16)20(23)24)13-11-15(21)18(25-3)17(12-13)26-5-2/h6-9,11-12,19,22H,4-5,10H2,1-3H3/t19-/m1/s1. The van der Waals surface area contributed by atoms with E-state index in [0.29, 0.717) is 35.2 Å². The lowest BCUT2D eigenvalue weighted by molar-refractivity contribution is 0.0683. The molecule has 2 aromatic rings. The maximum absolute atomic E-state index is 13.0. The third-order valence-corrected chi connectivity index (χ3v) is 4.62. The molecule has 0 radical (unpaired) electrons.